The summed E-state index contributed by atoms with van der Waals surface area (Å²) in [5, 5.41) is 9.07. The Bertz CT molecular complexity index is 299. The normalized spacial score (nSPS) is 13.1. The van der Waals surface area contributed by atoms with Gasteiger partial charge in [-0.1, -0.05) is 0 Å². The van der Waals surface area contributed by atoms with E-state index >= 15 is 0 Å². The highest BCUT2D eigenvalue weighted by Crippen LogP contribution is 2.28. The van der Waals surface area contributed by atoms with Gasteiger partial charge in [-0.15, -0.1) is 0 Å². The van der Waals surface area contributed by atoms with Gasteiger partial charge in [0.05, 0.1) is 10.6 Å². The standard InChI is InChI=1S/C8H7BrF2O/c1-4(12)7-5(10)2-3-6(11)8(7)9/h2-4,12H,1H3. The summed E-state index contributed by atoms with van der Waals surface area (Å²) in [5.41, 5.74) is -0.0463. The smallest absolute Gasteiger partial charge is 0.137 e. The molecule has 0 aliphatic rings. The highest BCUT2D eigenvalue weighted by molar-refractivity contribution is 9.10. The topological polar surface area (TPSA) is 20.2 Å². The van der Waals surface area contributed by atoms with Gasteiger partial charge < -0.3 is 5.11 Å². The maximum Gasteiger partial charge on any atom is 0.137 e. The van der Waals surface area contributed by atoms with Crippen LogP contribution in [0.2, 0.25) is 0 Å². The Hall–Kier alpha value is -0.480. The van der Waals surface area contributed by atoms with Crippen LogP contribution in [0, 0.1) is 11.6 Å². The molecule has 0 amide bonds. The predicted molar refractivity (Wildman–Crippen MR) is 44.7 cm³/mol. The van der Waals surface area contributed by atoms with Gasteiger partial charge in [-0.25, -0.2) is 8.78 Å². The van der Waals surface area contributed by atoms with Crippen LogP contribution < -0.4 is 0 Å². The van der Waals surface area contributed by atoms with E-state index in [-0.39, 0.29) is 10.0 Å². The van der Waals surface area contributed by atoms with Crippen LogP contribution in [0.15, 0.2) is 16.6 Å². The van der Waals surface area contributed by atoms with Crippen molar-refractivity contribution in [2.24, 2.45) is 0 Å². The third-order valence-electron chi connectivity index (χ3n) is 1.50. The van der Waals surface area contributed by atoms with Gasteiger partial charge in [0.15, 0.2) is 0 Å². The van der Waals surface area contributed by atoms with Crippen molar-refractivity contribution < 1.29 is 13.9 Å². The minimum Gasteiger partial charge on any atom is -0.389 e. The highest BCUT2D eigenvalue weighted by atomic mass is 79.9. The molecule has 1 atom stereocenters. The van der Waals surface area contributed by atoms with Crippen molar-refractivity contribution >= 4 is 15.9 Å². The lowest BCUT2D eigenvalue weighted by atomic mass is 10.1. The molecule has 0 aromatic heterocycles. The van der Waals surface area contributed by atoms with Crippen LogP contribution in [0.4, 0.5) is 8.78 Å². The van der Waals surface area contributed by atoms with E-state index in [1.807, 2.05) is 0 Å². The molecule has 1 rings (SSSR count). The third kappa shape index (κ3) is 1.64. The Kier molecular flexibility index (Phi) is 2.80. The molecule has 0 heterocycles. The molecule has 0 aliphatic carbocycles. The molecule has 1 unspecified atom stereocenters. The maximum atomic E-state index is 12.9. The lowest BCUT2D eigenvalue weighted by Crippen LogP contribution is -1.99. The zero-order valence-electron chi connectivity index (χ0n) is 6.31. The third-order valence-corrected chi connectivity index (χ3v) is 2.30. The summed E-state index contributed by atoms with van der Waals surface area (Å²) in [7, 11) is 0. The molecule has 4 heteroatoms. The number of halogens is 3. The molecule has 0 radical (unpaired) electrons. The maximum absolute atomic E-state index is 12.9. The lowest BCUT2D eigenvalue weighted by Gasteiger charge is -2.08. The van der Waals surface area contributed by atoms with E-state index in [4.69, 9.17) is 5.11 Å². The van der Waals surface area contributed by atoms with Crippen molar-refractivity contribution in [1.29, 1.82) is 0 Å². The van der Waals surface area contributed by atoms with Crippen LogP contribution in [0.25, 0.3) is 0 Å². The van der Waals surface area contributed by atoms with Gasteiger partial charge in [-0.3, -0.25) is 0 Å². The summed E-state index contributed by atoms with van der Waals surface area (Å²) in [5.74, 6) is -1.19. The first-order valence-corrected chi connectivity index (χ1v) is 4.14. The van der Waals surface area contributed by atoms with Gasteiger partial charge in [0.25, 0.3) is 0 Å². The summed E-state index contributed by atoms with van der Waals surface area (Å²) in [6.07, 6.45) is -1.02. The summed E-state index contributed by atoms with van der Waals surface area (Å²) < 4.78 is 25.7. The number of aliphatic hydroxyl groups is 1. The molecule has 12 heavy (non-hydrogen) atoms. The molecule has 0 fully saturated rings. The van der Waals surface area contributed by atoms with E-state index in [0.29, 0.717) is 0 Å². The number of aliphatic hydroxyl groups excluding tert-OH is 1. The second-order valence-electron chi connectivity index (χ2n) is 2.43. The fourth-order valence-corrected chi connectivity index (χ4v) is 1.58. The van der Waals surface area contributed by atoms with Crippen LogP contribution in [0.3, 0.4) is 0 Å². The molecule has 0 saturated carbocycles. The molecule has 0 spiro atoms. The quantitative estimate of drug-likeness (QED) is 0.744. The second-order valence-corrected chi connectivity index (χ2v) is 3.23. The van der Waals surface area contributed by atoms with Crippen LogP contribution in [-0.4, -0.2) is 5.11 Å². The molecular weight excluding hydrogens is 230 g/mol. The minimum atomic E-state index is -1.02. The Labute approximate surface area is 77.2 Å². The molecule has 1 aromatic rings. The van der Waals surface area contributed by atoms with Crippen molar-refractivity contribution in [2.75, 3.05) is 0 Å². The summed E-state index contributed by atoms with van der Waals surface area (Å²) >= 11 is 2.86. The van der Waals surface area contributed by atoms with Crippen LogP contribution >= 0.6 is 15.9 Å². The Balaban J connectivity index is 3.33. The average molecular weight is 237 g/mol. The molecule has 1 N–H and O–H groups in total. The fraction of sp³-hybridized carbons (Fsp3) is 0.250. The largest absolute Gasteiger partial charge is 0.389 e. The highest BCUT2D eigenvalue weighted by Gasteiger charge is 2.15. The first-order chi connectivity index (χ1) is 5.54. The SMILES string of the molecule is CC(O)c1c(F)ccc(F)c1Br. The summed E-state index contributed by atoms with van der Waals surface area (Å²) in [6, 6.07) is 1.99. The molecule has 0 aliphatic heterocycles. The fourth-order valence-electron chi connectivity index (χ4n) is 0.926. The Morgan fingerprint density at radius 3 is 2.25 bits per heavy atom. The number of rotatable bonds is 1. The minimum absolute atomic E-state index is 0.0162. The molecule has 1 nitrogen and oxygen atoms in total. The van der Waals surface area contributed by atoms with E-state index in [9.17, 15) is 8.78 Å². The van der Waals surface area contributed by atoms with Crippen LogP contribution in [0.1, 0.15) is 18.6 Å². The van der Waals surface area contributed by atoms with Crippen LogP contribution in [-0.2, 0) is 0 Å². The first kappa shape index (κ1) is 9.61. The molecule has 66 valence electrons. The van der Waals surface area contributed by atoms with Gasteiger partial charge in [0.2, 0.25) is 0 Å². The van der Waals surface area contributed by atoms with Gasteiger partial charge in [0.1, 0.15) is 11.6 Å². The Morgan fingerprint density at radius 1 is 1.33 bits per heavy atom. The van der Waals surface area contributed by atoms with Gasteiger partial charge >= 0.3 is 0 Å². The monoisotopic (exact) mass is 236 g/mol. The molecular formula is C8H7BrF2O. The second kappa shape index (κ2) is 3.49. The Morgan fingerprint density at radius 2 is 1.83 bits per heavy atom. The van der Waals surface area contributed by atoms with Crippen molar-refractivity contribution in [1.82, 2.24) is 0 Å². The van der Waals surface area contributed by atoms with Crippen molar-refractivity contribution in [3.8, 4) is 0 Å². The van der Waals surface area contributed by atoms with Gasteiger partial charge in [-0.2, -0.15) is 0 Å². The number of benzene rings is 1. The van der Waals surface area contributed by atoms with E-state index in [1.54, 1.807) is 0 Å². The number of hydrogen-bond donors (Lipinski definition) is 1. The van der Waals surface area contributed by atoms with Gasteiger partial charge in [0, 0.05) is 5.56 Å². The van der Waals surface area contributed by atoms with Crippen molar-refractivity contribution in [3.05, 3.63) is 33.8 Å². The van der Waals surface area contributed by atoms with Crippen LogP contribution in [0.5, 0.6) is 0 Å². The van der Waals surface area contributed by atoms with E-state index in [2.05, 4.69) is 15.9 Å². The van der Waals surface area contributed by atoms with Crippen molar-refractivity contribution in [3.63, 3.8) is 0 Å². The van der Waals surface area contributed by atoms with E-state index in [1.165, 1.54) is 6.92 Å². The molecule has 1 aromatic carbocycles. The van der Waals surface area contributed by atoms with E-state index < -0.39 is 17.7 Å². The molecule has 0 saturated heterocycles. The number of hydrogen-bond acceptors (Lipinski definition) is 1. The van der Waals surface area contributed by atoms with Gasteiger partial charge in [-0.05, 0) is 35.0 Å². The lowest BCUT2D eigenvalue weighted by molar-refractivity contribution is 0.192. The predicted octanol–water partition coefficient (Wildman–Crippen LogP) is 2.78. The summed E-state index contributed by atoms with van der Waals surface area (Å²) in [6.45, 7) is 1.38. The zero-order valence-corrected chi connectivity index (χ0v) is 7.90. The first-order valence-electron chi connectivity index (χ1n) is 3.35. The van der Waals surface area contributed by atoms with Crippen molar-refractivity contribution in [2.45, 2.75) is 13.0 Å². The summed E-state index contributed by atoms with van der Waals surface area (Å²) in [4.78, 5) is 0. The van der Waals surface area contributed by atoms with E-state index in [0.717, 1.165) is 12.1 Å². The zero-order chi connectivity index (χ0) is 9.30. The average Bonchev–Trinajstić information content (AvgIpc) is 1.97. The molecule has 0 bridgehead atoms.